The van der Waals surface area contributed by atoms with Gasteiger partial charge in [-0.1, -0.05) is 12.2 Å². The van der Waals surface area contributed by atoms with E-state index in [0.717, 1.165) is 12.8 Å². The van der Waals surface area contributed by atoms with Crippen LogP contribution in [0.5, 0.6) is 0 Å². The third-order valence-corrected chi connectivity index (χ3v) is 4.86. The number of rotatable bonds is 4. The van der Waals surface area contributed by atoms with Crippen molar-refractivity contribution in [3.05, 3.63) is 0 Å². The minimum Gasteiger partial charge on any atom is -0.444 e. The lowest BCUT2D eigenvalue weighted by molar-refractivity contribution is -0.124. The molecule has 0 atom stereocenters. The van der Waals surface area contributed by atoms with Crippen molar-refractivity contribution in [1.82, 2.24) is 10.6 Å². The minimum atomic E-state index is -0.489. The SMILES string of the molecule is CC(C)(C)OC(=O)NC1CC(C(N)=O)C1.CC(C)(C)OC(=O)NC1CC(C(N)=S)C1. The zero-order valence-electron chi connectivity index (χ0n) is 18.7. The average molecular weight is 445 g/mol. The van der Waals surface area contributed by atoms with Crippen LogP contribution in [-0.4, -0.2) is 46.4 Å². The molecule has 10 heteroatoms. The van der Waals surface area contributed by atoms with Gasteiger partial charge in [-0.2, -0.15) is 0 Å². The minimum absolute atomic E-state index is 0.0253. The molecule has 0 unspecified atom stereocenters. The molecule has 3 amide bonds. The summed E-state index contributed by atoms with van der Waals surface area (Å²) < 4.78 is 10.2. The Morgan fingerprint density at radius 1 is 0.767 bits per heavy atom. The first-order chi connectivity index (χ1) is 13.6. The summed E-state index contributed by atoms with van der Waals surface area (Å²) in [6, 6.07) is 0.184. The normalized spacial score (nSPS) is 25.3. The summed E-state index contributed by atoms with van der Waals surface area (Å²) >= 11 is 4.86. The number of alkyl carbamates (subject to hydrolysis) is 2. The Morgan fingerprint density at radius 3 is 1.37 bits per heavy atom. The van der Waals surface area contributed by atoms with Crippen molar-refractivity contribution in [1.29, 1.82) is 0 Å². The number of carbonyl (C=O) groups excluding carboxylic acids is 3. The highest BCUT2D eigenvalue weighted by Gasteiger charge is 2.35. The van der Waals surface area contributed by atoms with Crippen molar-refractivity contribution in [3.8, 4) is 0 Å². The predicted molar refractivity (Wildman–Crippen MR) is 118 cm³/mol. The number of hydrogen-bond acceptors (Lipinski definition) is 6. The van der Waals surface area contributed by atoms with Gasteiger partial charge in [-0.3, -0.25) is 4.79 Å². The van der Waals surface area contributed by atoms with Gasteiger partial charge < -0.3 is 31.6 Å². The van der Waals surface area contributed by atoms with E-state index >= 15 is 0 Å². The van der Waals surface area contributed by atoms with E-state index in [-0.39, 0.29) is 35.9 Å². The summed E-state index contributed by atoms with van der Waals surface area (Å²) in [5.74, 6) is -0.109. The van der Waals surface area contributed by atoms with Crippen LogP contribution in [0.2, 0.25) is 0 Å². The maximum Gasteiger partial charge on any atom is 0.407 e. The molecule has 0 saturated heterocycles. The monoisotopic (exact) mass is 444 g/mol. The molecule has 0 heterocycles. The number of amides is 3. The fourth-order valence-electron chi connectivity index (χ4n) is 2.88. The lowest BCUT2D eigenvalue weighted by Crippen LogP contribution is -2.49. The molecule has 2 aliphatic carbocycles. The van der Waals surface area contributed by atoms with Crippen LogP contribution < -0.4 is 22.1 Å². The molecule has 2 rings (SSSR count). The number of nitrogens with two attached hydrogens (primary N) is 2. The van der Waals surface area contributed by atoms with E-state index < -0.39 is 17.3 Å². The van der Waals surface area contributed by atoms with Crippen LogP contribution in [-0.2, 0) is 14.3 Å². The molecule has 0 aromatic heterocycles. The number of hydrogen-bond donors (Lipinski definition) is 4. The van der Waals surface area contributed by atoms with Crippen LogP contribution in [0.25, 0.3) is 0 Å². The average Bonchev–Trinajstić information content (AvgIpc) is 2.41. The van der Waals surface area contributed by atoms with Gasteiger partial charge in [0.25, 0.3) is 0 Å². The van der Waals surface area contributed by atoms with Gasteiger partial charge in [0.15, 0.2) is 0 Å². The fourth-order valence-corrected chi connectivity index (χ4v) is 3.08. The summed E-state index contributed by atoms with van der Waals surface area (Å²) in [5, 5.41) is 5.47. The van der Waals surface area contributed by atoms with Gasteiger partial charge in [-0.15, -0.1) is 0 Å². The molecule has 9 nitrogen and oxygen atoms in total. The van der Waals surface area contributed by atoms with Gasteiger partial charge in [0.1, 0.15) is 11.2 Å². The summed E-state index contributed by atoms with van der Waals surface area (Å²) in [6.07, 6.45) is 2.09. The topological polar surface area (TPSA) is 146 Å². The highest BCUT2D eigenvalue weighted by atomic mass is 32.1. The molecule has 0 aromatic carbocycles. The van der Waals surface area contributed by atoms with Crippen molar-refractivity contribution in [3.63, 3.8) is 0 Å². The van der Waals surface area contributed by atoms with Crippen LogP contribution in [0.4, 0.5) is 9.59 Å². The third kappa shape index (κ3) is 10.1. The molecule has 2 saturated carbocycles. The highest BCUT2D eigenvalue weighted by Crippen LogP contribution is 2.28. The second kappa shape index (κ2) is 10.3. The fraction of sp³-hybridized carbons (Fsp3) is 0.800. The van der Waals surface area contributed by atoms with E-state index in [2.05, 4.69) is 10.6 Å². The van der Waals surface area contributed by atoms with Gasteiger partial charge in [0.05, 0.1) is 4.99 Å². The Hall–Kier alpha value is -2.10. The van der Waals surface area contributed by atoms with Crippen molar-refractivity contribution >= 4 is 35.3 Å². The van der Waals surface area contributed by atoms with Gasteiger partial charge >= 0.3 is 12.2 Å². The molecule has 0 bridgehead atoms. The Balaban J connectivity index is 0.000000300. The molecule has 0 aliphatic heterocycles. The van der Waals surface area contributed by atoms with Crippen molar-refractivity contribution in [2.24, 2.45) is 23.3 Å². The quantitative estimate of drug-likeness (QED) is 0.487. The summed E-state index contributed by atoms with van der Waals surface area (Å²) in [7, 11) is 0. The van der Waals surface area contributed by atoms with Gasteiger partial charge in [-0.05, 0) is 67.2 Å². The molecule has 0 spiro atoms. The zero-order chi connectivity index (χ0) is 23.3. The van der Waals surface area contributed by atoms with E-state index in [0.29, 0.717) is 17.8 Å². The van der Waals surface area contributed by atoms with Crippen molar-refractivity contribution in [2.45, 2.75) is 90.5 Å². The van der Waals surface area contributed by atoms with E-state index in [1.165, 1.54) is 0 Å². The third-order valence-electron chi connectivity index (χ3n) is 4.52. The molecule has 0 radical (unpaired) electrons. The molecule has 0 aromatic rings. The first-order valence-electron chi connectivity index (χ1n) is 10.1. The van der Waals surface area contributed by atoms with Crippen LogP contribution in [0.3, 0.4) is 0 Å². The van der Waals surface area contributed by atoms with Gasteiger partial charge in [0.2, 0.25) is 5.91 Å². The van der Waals surface area contributed by atoms with E-state index in [1.54, 1.807) is 20.8 Å². The first-order valence-corrected chi connectivity index (χ1v) is 10.5. The largest absolute Gasteiger partial charge is 0.444 e. The smallest absolute Gasteiger partial charge is 0.407 e. The van der Waals surface area contributed by atoms with E-state index in [9.17, 15) is 14.4 Å². The second-order valence-electron chi connectivity index (χ2n) is 9.83. The zero-order valence-corrected chi connectivity index (χ0v) is 19.6. The predicted octanol–water partition coefficient (Wildman–Crippen LogP) is 2.35. The molecule has 172 valence electrons. The van der Waals surface area contributed by atoms with E-state index in [4.69, 9.17) is 33.2 Å². The van der Waals surface area contributed by atoms with Gasteiger partial charge in [-0.25, -0.2) is 9.59 Å². The maximum absolute atomic E-state index is 11.3. The Kier molecular flexibility index (Phi) is 8.89. The lowest BCUT2D eigenvalue weighted by Gasteiger charge is -2.35. The maximum atomic E-state index is 11.3. The molecule has 6 N–H and O–H groups in total. The lowest BCUT2D eigenvalue weighted by atomic mass is 9.80. The number of ether oxygens (including phenoxy) is 2. The number of thiocarbonyl (C=S) groups is 1. The van der Waals surface area contributed by atoms with Crippen LogP contribution >= 0.6 is 12.2 Å². The molecule has 2 aliphatic rings. The molecular weight excluding hydrogens is 408 g/mol. The Morgan fingerprint density at radius 2 is 1.10 bits per heavy atom. The molecule has 2 fully saturated rings. The standard InChI is InChI=1S/C10H18N2O3.C10H18N2O2S/c1-10(2,3)15-9(14)12-7-4-6(5-7)8(11)13;1-10(2,3)14-9(13)12-7-4-6(5-7)8(11)15/h6-7H,4-5H2,1-3H3,(H2,11,13)(H,12,14);6-7H,4-5H2,1-3H3,(H2,11,15)(H,12,13). The van der Waals surface area contributed by atoms with E-state index in [1.807, 2.05) is 20.8 Å². The highest BCUT2D eigenvalue weighted by molar-refractivity contribution is 7.80. The van der Waals surface area contributed by atoms with Crippen LogP contribution in [0.15, 0.2) is 0 Å². The Bertz CT molecular complexity index is 589. The number of primary amides is 1. The summed E-state index contributed by atoms with van der Waals surface area (Å²) in [6.45, 7) is 10.9. The van der Waals surface area contributed by atoms with Crippen LogP contribution in [0.1, 0.15) is 67.2 Å². The number of nitrogens with one attached hydrogen (secondary N) is 2. The second-order valence-corrected chi connectivity index (χ2v) is 10.3. The molecule has 30 heavy (non-hydrogen) atoms. The number of carbonyl (C=O) groups is 3. The first kappa shape index (κ1) is 25.9. The summed E-state index contributed by atoms with van der Waals surface area (Å²) in [5.41, 5.74) is 9.65. The Labute approximate surface area is 184 Å². The van der Waals surface area contributed by atoms with Gasteiger partial charge in [0, 0.05) is 23.9 Å². The van der Waals surface area contributed by atoms with Crippen molar-refractivity contribution < 1.29 is 23.9 Å². The van der Waals surface area contributed by atoms with Crippen molar-refractivity contribution in [2.75, 3.05) is 0 Å². The van der Waals surface area contributed by atoms with Crippen LogP contribution in [0, 0.1) is 11.8 Å². The molecular formula is C20H36N4O5S. The summed E-state index contributed by atoms with van der Waals surface area (Å²) in [4.78, 5) is 33.9.